The largest absolute Gasteiger partial charge is 0.454 e. The maximum atomic E-state index is 6.93. The summed E-state index contributed by atoms with van der Waals surface area (Å²) in [7, 11) is 0. The van der Waals surface area contributed by atoms with Gasteiger partial charge in [-0.1, -0.05) is 272 Å². The van der Waals surface area contributed by atoms with E-state index in [-0.39, 0.29) is 10.8 Å². The van der Waals surface area contributed by atoms with E-state index in [1.807, 2.05) is 0 Å². The fourth-order valence-electron chi connectivity index (χ4n) is 15.8. The van der Waals surface area contributed by atoms with Gasteiger partial charge in [0, 0.05) is 44.0 Å². The number of hydrogen-bond acceptors (Lipinski definition) is 4. The molecule has 0 saturated heterocycles. The van der Waals surface area contributed by atoms with Gasteiger partial charge in [0.25, 0.3) is 0 Å². The van der Waals surface area contributed by atoms with Gasteiger partial charge in [0.2, 0.25) is 0 Å². The Morgan fingerprint density at radius 3 is 1.11 bits per heavy atom. The van der Waals surface area contributed by atoms with E-state index in [1.165, 1.54) is 66.4 Å². The summed E-state index contributed by atoms with van der Waals surface area (Å²) in [6.45, 7) is 14.1. The molecular weight excluding hydrogens is 1130 g/mol. The minimum atomic E-state index is -0.719. The summed E-state index contributed by atoms with van der Waals surface area (Å²) < 4.78 is 13.9. The molecule has 2 aromatic heterocycles. The molecule has 16 aromatic rings. The van der Waals surface area contributed by atoms with Crippen LogP contribution in [0, 0.1) is 0 Å². The molecule has 93 heavy (non-hydrogen) atoms. The second kappa shape index (κ2) is 20.4. The van der Waals surface area contributed by atoms with Crippen molar-refractivity contribution in [2.75, 3.05) is 9.80 Å². The molecule has 0 amide bonds. The van der Waals surface area contributed by atoms with Gasteiger partial charge in [-0.25, -0.2) is 0 Å². The Kier molecular flexibility index (Phi) is 12.0. The Morgan fingerprint density at radius 2 is 0.667 bits per heavy atom. The summed E-state index contributed by atoms with van der Waals surface area (Å²) in [5.41, 5.74) is 26.2. The first kappa shape index (κ1) is 54.7. The monoisotopic (exact) mass is 1190 g/mol. The summed E-state index contributed by atoms with van der Waals surface area (Å²) in [5.74, 6) is 0. The molecule has 0 unspecified atom stereocenters. The minimum Gasteiger partial charge on any atom is -0.454 e. The lowest BCUT2D eigenvalue weighted by atomic mass is 9.68. The number of benzene rings is 14. The Morgan fingerprint density at radius 1 is 0.280 bits per heavy atom. The first-order valence-electron chi connectivity index (χ1n) is 32.6. The topological polar surface area (TPSA) is 32.8 Å². The molecule has 18 rings (SSSR count). The summed E-state index contributed by atoms with van der Waals surface area (Å²) in [5, 5.41) is 9.11. The molecule has 4 nitrogen and oxygen atoms in total. The third-order valence-corrected chi connectivity index (χ3v) is 20.1. The molecule has 0 fully saturated rings. The molecule has 0 saturated carbocycles. The van der Waals surface area contributed by atoms with Crippen LogP contribution in [-0.2, 0) is 16.2 Å². The molecule has 0 bridgehead atoms. The first-order valence-corrected chi connectivity index (χ1v) is 32.6. The Bertz CT molecular complexity index is 5380. The van der Waals surface area contributed by atoms with Crippen LogP contribution in [0.2, 0.25) is 0 Å². The standard InChI is InChI=1S/C89H66N2O2/c1-87(2,3)59-41-49-75-73(53-59)74-54-60(88(4,5)6)42-50-76(74)89(75)83-65-47-43-61(90(77-33-17-13-27-63(77)55-23-9-7-10-24-55)79-35-21-31-71-67-29-15-19-37-81(67)92-85(71)79)51-57(65)39-45-69(83)70-46-40-58-52-62(44-48-66(58)84(70)89)91(78-34-18-14-28-64(78)56-25-11-8-12-26-56)80-36-22-32-72-68-30-16-20-38-82(68)93-86(72)80/h7-54H,1-6H3. The zero-order valence-electron chi connectivity index (χ0n) is 52.9. The maximum Gasteiger partial charge on any atom is 0.159 e. The van der Waals surface area contributed by atoms with Crippen molar-refractivity contribution in [2.24, 2.45) is 0 Å². The highest BCUT2D eigenvalue weighted by molar-refractivity contribution is 6.15. The molecule has 4 heteroatoms. The molecule has 2 aliphatic carbocycles. The molecule has 0 aliphatic heterocycles. The van der Waals surface area contributed by atoms with E-state index in [9.17, 15) is 0 Å². The van der Waals surface area contributed by atoms with Crippen molar-refractivity contribution in [2.45, 2.75) is 57.8 Å². The van der Waals surface area contributed by atoms with Gasteiger partial charge in [-0.15, -0.1) is 0 Å². The van der Waals surface area contributed by atoms with E-state index in [4.69, 9.17) is 8.83 Å². The van der Waals surface area contributed by atoms with Gasteiger partial charge in [0.1, 0.15) is 11.2 Å². The van der Waals surface area contributed by atoms with Crippen molar-refractivity contribution in [3.05, 3.63) is 325 Å². The van der Waals surface area contributed by atoms with Crippen LogP contribution in [0.25, 0.3) is 110 Å². The van der Waals surface area contributed by atoms with Crippen LogP contribution < -0.4 is 9.80 Å². The van der Waals surface area contributed by atoms with Crippen LogP contribution in [0.4, 0.5) is 34.1 Å². The van der Waals surface area contributed by atoms with Crippen molar-refractivity contribution >= 4 is 99.5 Å². The van der Waals surface area contributed by atoms with Crippen molar-refractivity contribution in [1.82, 2.24) is 0 Å². The quantitative estimate of drug-likeness (QED) is 0.152. The van der Waals surface area contributed by atoms with Gasteiger partial charge in [0.15, 0.2) is 11.2 Å². The molecule has 0 atom stereocenters. The Balaban J connectivity index is 0.903. The average Bonchev–Trinajstić information content (AvgIpc) is 1.49. The predicted molar refractivity (Wildman–Crippen MR) is 390 cm³/mol. The van der Waals surface area contributed by atoms with Crippen molar-refractivity contribution in [3.8, 4) is 44.5 Å². The van der Waals surface area contributed by atoms with Gasteiger partial charge in [-0.2, -0.15) is 0 Å². The number of anilines is 6. The first-order chi connectivity index (χ1) is 45.4. The zero-order chi connectivity index (χ0) is 62.5. The van der Waals surface area contributed by atoms with E-state index < -0.39 is 5.41 Å². The molecule has 0 radical (unpaired) electrons. The van der Waals surface area contributed by atoms with E-state index in [2.05, 4.69) is 343 Å². The minimum absolute atomic E-state index is 0.0837. The second-order valence-electron chi connectivity index (χ2n) is 27.5. The van der Waals surface area contributed by atoms with Crippen molar-refractivity contribution in [3.63, 3.8) is 0 Å². The van der Waals surface area contributed by atoms with Gasteiger partial charge in [-0.05, 0) is 160 Å². The lowest BCUT2D eigenvalue weighted by molar-refractivity contribution is 0.589. The normalized spacial score (nSPS) is 13.1. The number of nitrogens with zero attached hydrogens (tertiary/aromatic N) is 2. The Hall–Kier alpha value is -11.2. The van der Waals surface area contributed by atoms with Crippen LogP contribution in [0.15, 0.2) is 300 Å². The van der Waals surface area contributed by atoms with Gasteiger partial charge >= 0.3 is 0 Å². The summed E-state index contributed by atoms with van der Waals surface area (Å²) in [4.78, 5) is 4.85. The second-order valence-corrected chi connectivity index (χ2v) is 27.5. The molecular formula is C89H66N2O2. The summed E-state index contributed by atoms with van der Waals surface area (Å²) in [6.07, 6.45) is 0. The van der Waals surface area contributed by atoms with Crippen LogP contribution in [0.1, 0.15) is 74.9 Å². The van der Waals surface area contributed by atoms with Crippen LogP contribution in [-0.4, -0.2) is 0 Å². The molecule has 2 aliphatic rings. The number of rotatable bonds is 8. The van der Waals surface area contributed by atoms with Gasteiger partial charge < -0.3 is 18.6 Å². The molecule has 2 heterocycles. The highest BCUT2D eigenvalue weighted by Gasteiger charge is 2.54. The zero-order valence-corrected chi connectivity index (χ0v) is 52.9. The lowest BCUT2D eigenvalue weighted by Gasteiger charge is -2.34. The average molecular weight is 1200 g/mol. The third-order valence-electron chi connectivity index (χ3n) is 20.1. The Labute approximate surface area is 541 Å². The molecule has 1 spiro atoms. The number of fused-ring (bicyclic) bond motifs is 20. The summed E-state index contributed by atoms with van der Waals surface area (Å²) in [6, 6.07) is 108. The van der Waals surface area contributed by atoms with E-state index in [1.54, 1.807) is 0 Å². The predicted octanol–water partition coefficient (Wildman–Crippen LogP) is 25.0. The molecule has 0 N–H and O–H groups in total. The lowest BCUT2D eigenvalue weighted by Crippen LogP contribution is -2.27. The van der Waals surface area contributed by atoms with Crippen LogP contribution in [0.5, 0.6) is 0 Å². The van der Waals surface area contributed by atoms with Crippen LogP contribution >= 0.6 is 0 Å². The highest BCUT2D eigenvalue weighted by atomic mass is 16.3. The smallest absolute Gasteiger partial charge is 0.159 e. The maximum absolute atomic E-state index is 6.93. The number of para-hydroxylation sites is 6. The van der Waals surface area contributed by atoms with Gasteiger partial charge in [0.05, 0.1) is 28.2 Å². The molecule has 14 aromatic carbocycles. The van der Waals surface area contributed by atoms with Crippen molar-refractivity contribution in [1.29, 1.82) is 0 Å². The fourth-order valence-corrected chi connectivity index (χ4v) is 15.8. The van der Waals surface area contributed by atoms with Crippen LogP contribution in [0.3, 0.4) is 0 Å². The number of furan rings is 2. The van der Waals surface area contributed by atoms with Gasteiger partial charge in [-0.3, -0.25) is 0 Å². The van der Waals surface area contributed by atoms with E-state index in [0.29, 0.717) is 0 Å². The molecule has 444 valence electrons. The highest BCUT2D eigenvalue weighted by Crippen LogP contribution is 2.66. The fraction of sp³-hybridized carbons (Fsp3) is 0.101. The number of hydrogen-bond donors (Lipinski definition) is 0. The van der Waals surface area contributed by atoms with Crippen molar-refractivity contribution < 1.29 is 8.83 Å². The third kappa shape index (κ3) is 8.24. The SMILES string of the molecule is CC(C)(C)c1ccc2c(c1)-c1cc(C(C)(C)C)ccc1C21c2c(ccc3cc(N(c4ccccc4-c4ccccc4)c4cccc5c4oc4ccccc45)ccc23)-c2ccc3cc(N(c4ccccc4-c4ccccc4)c4cccc5c4oc4ccccc45)ccc3c21. The summed E-state index contributed by atoms with van der Waals surface area (Å²) >= 11 is 0. The van der Waals surface area contributed by atoms with E-state index in [0.717, 1.165) is 111 Å². The van der Waals surface area contributed by atoms with E-state index >= 15 is 0 Å².